The van der Waals surface area contributed by atoms with Gasteiger partial charge in [-0.1, -0.05) is 23.5 Å². The van der Waals surface area contributed by atoms with Crippen molar-refractivity contribution in [1.29, 1.82) is 0 Å². The second-order valence-corrected chi connectivity index (χ2v) is 9.44. The Morgan fingerprint density at radius 2 is 2.00 bits per heavy atom. The number of Topliss-reactive ketones (excluding diaryl/α,β-unsaturated/α-hetero) is 1. The van der Waals surface area contributed by atoms with Gasteiger partial charge in [0.25, 0.3) is 5.91 Å². The topological polar surface area (TPSA) is 112 Å². The number of nitrogens with one attached hydrogen (secondary N) is 2. The second kappa shape index (κ2) is 10.8. The van der Waals surface area contributed by atoms with Gasteiger partial charge in [-0.15, -0.1) is 0 Å². The largest absolute Gasteiger partial charge is 0.381 e. The van der Waals surface area contributed by atoms with Gasteiger partial charge in [0.15, 0.2) is 17.0 Å². The zero-order valence-corrected chi connectivity index (χ0v) is 19.7. The molecule has 10 heteroatoms. The first-order chi connectivity index (χ1) is 15.6. The Morgan fingerprint density at radius 3 is 2.64 bits per heavy atom. The Kier molecular flexibility index (Phi) is 8.15. The zero-order chi connectivity index (χ0) is 24.1. The molecule has 1 saturated heterocycles. The summed E-state index contributed by atoms with van der Waals surface area (Å²) in [6.07, 6.45) is 1.09. The van der Waals surface area contributed by atoms with Crippen molar-refractivity contribution in [2.75, 3.05) is 18.4 Å². The van der Waals surface area contributed by atoms with E-state index in [4.69, 9.17) is 0 Å². The lowest BCUT2D eigenvalue weighted by molar-refractivity contribution is -0.143. The number of benzene rings is 1. The van der Waals surface area contributed by atoms with Crippen LogP contribution in [0.25, 0.3) is 0 Å². The molecular weight excluding hydrogens is 447 g/mol. The molecule has 33 heavy (non-hydrogen) atoms. The molecule has 0 saturated carbocycles. The number of ketones is 1. The molecular formula is C23H29FN4O4S. The van der Waals surface area contributed by atoms with Gasteiger partial charge in [0.1, 0.15) is 5.82 Å². The van der Waals surface area contributed by atoms with E-state index in [2.05, 4.69) is 15.6 Å². The molecule has 2 heterocycles. The highest BCUT2D eigenvalue weighted by atomic mass is 32.1. The first-order valence-electron chi connectivity index (χ1n) is 10.9. The van der Waals surface area contributed by atoms with Gasteiger partial charge in [-0.05, 0) is 56.7 Å². The zero-order valence-electron chi connectivity index (χ0n) is 18.9. The maximum absolute atomic E-state index is 13.1. The number of nitrogens with zero attached hydrogens (tertiary/aromatic N) is 2. The molecule has 8 nitrogen and oxygen atoms in total. The van der Waals surface area contributed by atoms with Crippen molar-refractivity contribution < 1.29 is 23.9 Å². The molecule has 3 amide bonds. The number of aliphatic hydroxyl groups excluding tert-OH is 1. The summed E-state index contributed by atoms with van der Waals surface area (Å²) < 4.78 is 13.1. The van der Waals surface area contributed by atoms with Crippen LogP contribution in [-0.4, -0.2) is 57.9 Å². The first kappa shape index (κ1) is 24.8. The smallest absolute Gasteiger partial charge is 0.321 e. The summed E-state index contributed by atoms with van der Waals surface area (Å²) in [5.74, 6) is -0.629. The molecule has 1 aliphatic rings. The number of rotatable bonds is 7. The molecule has 3 rings (SSSR count). The Balaban J connectivity index is 1.52. The number of likely N-dealkylation sites (tertiary alicyclic amines) is 1. The van der Waals surface area contributed by atoms with Crippen LogP contribution in [-0.2, 0) is 11.2 Å². The van der Waals surface area contributed by atoms with Crippen LogP contribution in [0, 0.1) is 18.7 Å². The van der Waals surface area contributed by atoms with E-state index < -0.39 is 24.1 Å². The minimum absolute atomic E-state index is 0.132. The van der Waals surface area contributed by atoms with Gasteiger partial charge in [0.2, 0.25) is 0 Å². The fraction of sp³-hybridized carbons (Fsp3) is 0.478. The van der Waals surface area contributed by atoms with E-state index in [1.807, 2.05) is 0 Å². The summed E-state index contributed by atoms with van der Waals surface area (Å²) in [6, 6.07) is 4.90. The fourth-order valence-electron chi connectivity index (χ4n) is 3.98. The summed E-state index contributed by atoms with van der Waals surface area (Å²) in [4.78, 5) is 42.9. The number of anilines is 1. The molecule has 0 radical (unpaired) electrons. The molecule has 2 aromatic rings. The molecule has 178 valence electrons. The maximum Gasteiger partial charge on any atom is 0.321 e. The number of aromatic nitrogens is 1. The van der Waals surface area contributed by atoms with Crippen molar-refractivity contribution >= 4 is 34.2 Å². The number of carbonyl (C=O) groups is 3. The van der Waals surface area contributed by atoms with Crippen LogP contribution >= 0.6 is 11.3 Å². The molecule has 0 unspecified atom stereocenters. The molecule has 0 aliphatic carbocycles. The highest BCUT2D eigenvalue weighted by Gasteiger charge is 2.31. The third-order valence-corrected chi connectivity index (χ3v) is 6.86. The molecule has 3 N–H and O–H groups in total. The Morgan fingerprint density at radius 1 is 1.30 bits per heavy atom. The Labute approximate surface area is 196 Å². The molecule has 0 spiro atoms. The minimum atomic E-state index is -1.40. The first-order valence-corrected chi connectivity index (χ1v) is 11.7. The van der Waals surface area contributed by atoms with Gasteiger partial charge in [0.05, 0.1) is 16.6 Å². The fourth-order valence-corrected chi connectivity index (χ4v) is 4.84. The average molecular weight is 477 g/mol. The number of piperidine rings is 1. The molecule has 1 aromatic carbocycles. The molecule has 0 bridgehead atoms. The van der Waals surface area contributed by atoms with E-state index in [0.717, 1.165) is 36.2 Å². The van der Waals surface area contributed by atoms with Crippen molar-refractivity contribution in [3.63, 3.8) is 0 Å². The highest BCUT2D eigenvalue weighted by Crippen LogP contribution is 2.23. The SMILES string of the molecule is CC(=O)c1sc(NC(=O)N[C@H](C)[C@@H](O)C(=O)N2CCC[C@@H](Cc3ccc(F)cc3)C2)nc1C. The number of urea groups is 1. The number of thiazole rings is 1. The number of amides is 3. The van der Waals surface area contributed by atoms with Gasteiger partial charge >= 0.3 is 6.03 Å². The van der Waals surface area contributed by atoms with Gasteiger partial charge in [0, 0.05) is 20.0 Å². The third-order valence-electron chi connectivity index (χ3n) is 5.69. The number of hydrogen-bond donors (Lipinski definition) is 3. The number of hydrogen-bond acceptors (Lipinski definition) is 6. The van der Waals surface area contributed by atoms with Crippen molar-refractivity contribution in [1.82, 2.24) is 15.2 Å². The number of halogens is 1. The van der Waals surface area contributed by atoms with E-state index in [0.29, 0.717) is 23.7 Å². The van der Waals surface area contributed by atoms with E-state index in [1.165, 1.54) is 19.1 Å². The maximum atomic E-state index is 13.1. The summed E-state index contributed by atoms with van der Waals surface area (Å²) in [6.45, 7) is 5.71. The summed E-state index contributed by atoms with van der Waals surface area (Å²) in [5, 5.41) is 15.9. The van der Waals surface area contributed by atoms with Crippen LogP contribution in [0.15, 0.2) is 24.3 Å². The monoisotopic (exact) mass is 476 g/mol. The number of aliphatic hydroxyl groups is 1. The van der Waals surface area contributed by atoms with Crippen LogP contribution in [0.5, 0.6) is 0 Å². The van der Waals surface area contributed by atoms with Crippen molar-refractivity contribution in [3.8, 4) is 0 Å². The van der Waals surface area contributed by atoms with Crippen LogP contribution in [0.2, 0.25) is 0 Å². The molecule has 1 fully saturated rings. The van der Waals surface area contributed by atoms with Crippen LogP contribution in [0.4, 0.5) is 14.3 Å². The standard InChI is InChI=1S/C23H29FN4O4S/c1-13(25-22(32)27-23-26-14(2)20(33-23)15(3)29)19(30)21(31)28-10-4-5-17(12-28)11-16-6-8-18(24)9-7-16/h6-9,13,17,19,30H,4-5,10-12H2,1-3H3,(H2,25,26,27,32)/t13-,17+,19-/m1/s1. The predicted molar refractivity (Wildman–Crippen MR) is 124 cm³/mol. The van der Waals surface area contributed by atoms with Crippen LogP contribution < -0.4 is 10.6 Å². The normalized spacial score (nSPS) is 17.8. The second-order valence-electron chi connectivity index (χ2n) is 8.44. The molecule has 1 aliphatic heterocycles. The van der Waals surface area contributed by atoms with Gasteiger partial charge < -0.3 is 15.3 Å². The van der Waals surface area contributed by atoms with Gasteiger partial charge in [-0.2, -0.15) is 0 Å². The lowest BCUT2D eigenvalue weighted by Gasteiger charge is -2.35. The van der Waals surface area contributed by atoms with E-state index in [9.17, 15) is 23.9 Å². The van der Waals surface area contributed by atoms with Gasteiger partial charge in [-0.3, -0.25) is 14.9 Å². The van der Waals surface area contributed by atoms with E-state index >= 15 is 0 Å². The van der Waals surface area contributed by atoms with Crippen molar-refractivity contribution in [2.24, 2.45) is 5.92 Å². The molecule has 1 aromatic heterocycles. The van der Waals surface area contributed by atoms with E-state index in [1.54, 1.807) is 30.9 Å². The Hall–Kier alpha value is -2.85. The number of carbonyl (C=O) groups excluding carboxylic acids is 3. The lowest BCUT2D eigenvalue weighted by atomic mass is 9.91. The number of aryl methyl sites for hydroxylation is 1. The van der Waals surface area contributed by atoms with E-state index in [-0.39, 0.29) is 22.6 Å². The van der Waals surface area contributed by atoms with Gasteiger partial charge in [-0.25, -0.2) is 14.2 Å². The van der Waals surface area contributed by atoms with Crippen LogP contribution in [0.3, 0.4) is 0 Å². The Bertz CT molecular complexity index is 1010. The summed E-state index contributed by atoms with van der Waals surface area (Å²) in [7, 11) is 0. The van der Waals surface area contributed by atoms with Crippen molar-refractivity contribution in [3.05, 3.63) is 46.2 Å². The highest BCUT2D eigenvalue weighted by molar-refractivity contribution is 7.17. The lowest BCUT2D eigenvalue weighted by Crippen LogP contribution is -2.53. The minimum Gasteiger partial charge on any atom is -0.381 e. The average Bonchev–Trinajstić information content (AvgIpc) is 3.14. The predicted octanol–water partition coefficient (Wildman–Crippen LogP) is 3.15. The molecule has 3 atom stereocenters. The quantitative estimate of drug-likeness (QED) is 0.532. The summed E-state index contributed by atoms with van der Waals surface area (Å²) in [5.41, 5.74) is 1.54. The van der Waals surface area contributed by atoms with Crippen molar-refractivity contribution in [2.45, 2.75) is 52.2 Å². The summed E-state index contributed by atoms with van der Waals surface area (Å²) >= 11 is 1.07. The third kappa shape index (κ3) is 6.58. The van der Waals surface area contributed by atoms with Crippen LogP contribution in [0.1, 0.15) is 47.6 Å².